The van der Waals surface area contributed by atoms with Crippen LogP contribution in [0.25, 0.3) is 11.0 Å². The maximum Gasteiger partial charge on any atom is 0.171 e. The number of imidazole rings is 1. The second kappa shape index (κ2) is 5.36. The van der Waals surface area contributed by atoms with Crippen LogP contribution in [0.1, 0.15) is 5.56 Å². The molecule has 19 heavy (non-hydrogen) atoms. The van der Waals surface area contributed by atoms with Crippen LogP contribution < -0.4 is 5.73 Å². The molecule has 0 fully saturated rings. The normalized spacial score (nSPS) is 11.1. The molecule has 0 amide bonds. The van der Waals surface area contributed by atoms with Crippen LogP contribution in [-0.4, -0.2) is 9.97 Å². The maximum absolute atomic E-state index is 5.78. The van der Waals surface area contributed by atoms with E-state index in [2.05, 4.69) is 32.0 Å². The number of fused-ring (bicyclic) bond motifs is 1. The summed E-state index contributed by atoms with van der Waals surface area (Å²) in [6.07, 6.45) is 0. The molecule has 1 heterocycles. The molecule has 0 saturated heterocycles. The number of nitrogens with one attached hydrogen (secondary N) is 1. The van der Waals surface area contributed by atoms with Crippen molar-refractivity contribution in [2.45, 2.75) is 16.6 Å². The fourth-order valence-corrected chi connectivity index (χ4v) is 3.22. The molecule has 3 rings (SSSR count). The Labute approximate surface area is 123 Å². The topological polar surface area (TPSA) is 54.7 Å². The van der Waals surface area contributed by atoms with E-state index in [0.717, 1.165) is 31.1 Å². The lowest BCUT2D eigenvalue weighted by atomic mass is 10.2. The van der Waals surface area contributed by atoms with Gasteiger partial charge in [-0.15, -0.1) is 0 Å². The summed E-state index contributed by atoms with van der Waals surface area (Å²) >= 11 is 5.07. The van der Waals surface area contributed by atoms with Crippen LogP contribution >= 0.6 is 27.7 Å². The summed E-state index contributed by atoms with van der Waals surface area (Å²) in [6.45, 7) is 0.516. The third-order valence-electron chi connectivity index (χ3n) is 2.82. The van der Waals surface area contributed by atoms with Gasteiger partial charge in [-0.05, 0) is 35.9 Å². The van der Waals surface area contributed by atoms with Crippen molar-refractivity contribution in [1.82, 2.24) is 9.97 Å². The predicted octanol–water partition coefficient (Wildman–Crippen LogP) is 3.94. The van der Waals surface area contributed by atoms with Crippen LogP contribution in [0.4, 0.5) is 0 Å². The summed E-state index contributed by atoms with van der Waals surface area (Å²) < 4.78 is 1.04. The highest BCUT2D eigenvalue weighted by atomic mass is 79.9. The van der Waals surface area contributed by atoms with E-state index < -0.39 is 0 Å². The minimum absolute atomic E-state index is 0.516. The number of rotatable bonds is 3. The number of hydrogen-bond donors (Lipinski definition) is 2. The van der Waals surface area contributed by atoms with Gasteiger partial charge >= 0.3 is 0 Å². The van der Waals surface area contributed by atoms with Gasteiger partial charge in [-0.1, -0.05) is 39.8 Å². The van der Waals surface area contributed by atoms with Gasteiger partial charge < -0.3 is 10.7 Å². The number of nitrogens with zero attached hydrogens (tertiary/aromatic N) is 1. The summed E-state index contributed by atoms with van der Waals surface area (Å²) in [6, 6.07) is 14.1. The molecule has 0 atom stereocenters. The zero-order valence-corrected chi connectivity index (χ0v) is 12.5. The molecule has 96 valence electrons. The van der Waals surface area contributed by atoms with Crippen molar-refractivity contribution in [1.29, 1.82) is 0 Å². The van der Waals surface area contributed by atoms with Crippen molar-refractivity contribution in [3.05, 3.63) is 52.5 Å². The Bertz CT molecular complexity index is 691. The molecule has 0 saturated carbocycles. The maximum atomic E-state index is 5.78. The highest BCUT2D eigenvalue weighted by Crippen LogP contribution is 2.31. The van der Waals surface area contributed by atoms with Crippen molar-refractivity contribution in [3.8, 4) is 0 Å². The van der Waals surface area contributed by atoms with E-state index in [-0.39, 0.29) is 0 Å². The van der Waals surface area contributed by atoms with Crippen molar-refractivity contribution in [2.75, 3.05) is 0 Å². The number of aromatic amines is 1. The Kier molecular flexibility index (Phi) is 3.59. The Morgan fingerprint density at radius 3 is 2.84 bits per heavy atom. The van der Waals surface area contributed by atoms with E-state index in [1.165, 1.54) is 0 Å². The molecule has 0 aliphatic heterocycles. The first-order valence-corrected chi connectivity index (χ1v) is 7.48. The Balaban J connectivity index is 1.96. The second-order valence-corrected chi connectivity index (χ2v) is 6.06. The Hall–Kier alpha value is -1.30. The molecule has 0 unspecified atom stereocenters. The molecule has 5 heteroatoms. The van der Waals surface area contributed by atoms with E-state index in [0.29, 0.717) is 6.54 Å². The average molecular weight is 334 g/mol. The quantitative estimate of drug-likeness (QED) is 0.763. The van der Waals surface area contributed by atoms with Crippen LogP contribution in [0, 0.1) is 0 Å². The number of H-pyrrole nitrogens is 1. The zero-order valence-electron chi connectivity index (χ0n) is 10.1. The van der Waals surface area contributed by atoms with Crippen LogP contribution in [0.3, 0.4) is 0 Å². The van der Waals surface area contributed by atoms with Crippen molar-refractivity contribution < 1.29 is 0 Å². The summed E-state index contributed by atoms with van der Waals surface area (Å²) in [4.78, 5) is 9.00. The molecular formula is C14H12BrN3S. The molecule has 3 aromatic rings. The second-order valence-electron chi connectivity index (χ2n) is 4.12. The van der Waals surface area contributed by atoms with Crippen molar-refractivity contribution >= 4 is 38.7 Å². The highest BCUT2D eigenvalue weighted by molar-refractivity contribution is 9.10. The lowest BCUT2D eigenvalue weighted by molar-refractivity contribution is 1.01. The van der Waals surface area contributed by atoms with Gasteiger partial charge in [-0.25, -0.2) is 4.98 Å². The van der Waals surface area contributed by atoms with Crippen LogP contribution in [0.5, 0.6) is 0 Å². The molecular weight excluding hydrogens is 322 g/mol. The third kappa shape index (κ3) is 2.68. The number of halogens is 1. The van der Waals surface area contributed by atoms with Crippen LogP contribution in [-0.2, 0) is 6.54 Å². The van der Waals surface area contributed by atoms with E-state index in [1.807, 2.05) is 36.4 Å². The lowest BCUT2D eigenvalue weighted by Crippen LogP contribution is -1.98. The minimum Gasteiger partial charge on any atom is -0.333 e. The fraction of sp³-hybridized carbons (Fsp3) is 0.0714. The van der Waals surface area contributed by atoms with Crippen LogP contribution in [0.15, 0.2) is 57.0 Å². The molecule has 1 aromatic heterocycles. The average Bonchev–Trinajstić information content (AvgIpc) is 2.83. The van der Waals surface area contributed by atoms with E-state index in [9.17, 15) is 0 Å². The van der Waals surface area contributed by atoms with E-state index >= 15 is 0 Å². The molecule has 0 radical (unpaired) electrons. The van der Waals surface area contributed by atoms with E-state index in [1.54, 1.807) is 11.8 Å². The van der Waals surface area contributed by atoms with E-state index in [4.69, 9.17) is 5.73 Å². The van der Waals surface area contributed by atoms with Gasteiger partial charge in [0.1, 0.15) is 0 Å². The van der Waals surface area contributed by atoms with Crippen molar-refractivity contribution in [2.24, 2.45) is 5.73 Å². The Morgan fingerprint density at radius 1 is 1.21 bits per heavy atom. The first kappa shape index (κ1) is 12.7. The minimum atomic E-state index is 0.516. The van der Waals surface area contributed by atoms with Crippen molar-refractivity contribution in [3.63, 3.8) is 0 Å². The molecule has 3 nitrogen and oxygen atoms in total. The van der Waals surface area contributed by atoms with Gasteiger partial charge in [0.05, 0.1) is 11.0 Å². The molecule has 0 aliphatic carbocycles. The molecule has 0 bridgehead atoms. The predicted molar refractivity (Wildman–Crippen MR) is 82.3 cm³/mol. The molecule has 2 aromatic carbocycles. The summed E-state index contributed by atoms with van der Waals surface area (Å²) in [5, 5.41) is 0.887. The number of aromatic nitrogens is 2. The lowest BCUT2D eigenvalue weighted by Gasteiger charge is -2.05. The smallest absolute Gasteiger partial charge is 0.171 e. The number of para-hydroxylation sites is 2. The standard InChI is InChI=1S/C14H12BrN3S/c15-10-5-6-13(9(7-10)8-16)19-14-17-11-3-1-2-4-12(11)18-14/h1-7H,8,16H2,(H,17,18). The summed E-state index contributed by atoms with van der Waals surface area (Å²) in [5.74, 6) is 0. The van der Waals surface area contributed by atoms with Gasteiger partial charge in [0.15, 0.2) is 5.16 Å². The van der Waals surface area contributed by atoms with Gasteiger partial charge in [-0.2, -0.15) is 0 Å². The van der Waals surface area contributed by atoms with Gasteiger partial charge in [0.25, 0.3) is 0 Å². The first-order valence-electron chi connectivity index (χ1n) is 5.87. The SMILES string of the molecule is NCc1cc(Br)ccc1Sc1nc2ccccc2[nH]1. The fourth-order valence-electron chi connectivity index (χ4n) is 1.89. The largest absolute Gasteiger partial charge is 0.333 e. The molecule has 0 spiro atoms. The first-order chi connectivity index (χ1) is 9.26. The van der Waals surface area contributed by atoms with Gasteiger partial charge in [0, 0.05) is 15.9 Å². The molecule has 3 N–H and O–H groups in total. The summed E-state index contributed by atoms with van der Waals surface area (Å²) in [5.41, 5.74) is 8.93. The third-order valence-corrected chi connectivity index (χ3v) is 4.31. The van der Waals surface area contributed by atoms with Gasteiger partial charge in [-0.3, -0.25) is 0 Å². The molecule has 0 aliphatic rings. The van der Waals surface area contributed by atoms with Crippen LogP contribution in [0.2, 0.25) is 0 Å². The number of hydrogen-bond acceptors (Lipinski definition) is 3. The monoisotopic (exact) mass is 333 g/mol. The highest BCUT2D eigenvalue weighted by Gasteiger charge is 2.08. The summed E-state index contributed by atoms with van der Waals surface area (Å²) in [7, 11) is 0. The number of nitrogens with two attached hydrogens (primary N) is 1. The van der Waals surface area contributed by atoms with Gasteiger partial charge in [0.2, 0.25) is 0 Å². The number of benzene rings is 2. The zero-order chi connectivity index (χ0) is 13.2. The Morgan fingerprint density at radius 2 is 2.05 bits per heavy atom.